The quantitative estimate of drug-likeness (QED) is 0.737. The number of carbonyl (C=O) groups is 1. The fraction of sp³-hybridized carbons (Fsp3) is 0.933. The molecule has 1 saturated carbocycles. The van der Waals surface area contributed by atoms with Crippen LogP contribution in [0.5, 0.6) is 0 Å². The van der Waals surface area contributed by atoms with Crippen molar-refractivity contribution in [3.05, 3.63) is 0 Å². The Morgan fingerprint density at radius 3 is 2.53 bits per heavy atom. The van der Waals surface area contributed by atoms with Crippen LogP contribution in [0.1, 0.15) is 53.4 Å². The van der Waals surface area contributed by atoms with Crippen LogP contribution in [-0.2, 0) is 4.79 Å². The van der Waals surface area contributed by atoms with Crippen molar-refractivity contribution in [1.29, 1.82) is 0 Å². The molecule has 1 aliphatic heterocycles. The van der Waals surface area contributed by atoms with Gasteiger partial charge in [0.25, 0.3) is 0 Å². The van der Waals surface area contributed by atoms with E-state index in [1.807, 2.05) is 0 Å². The Morgan fingerprint density at radius 1 is 1.24 bits per heavy atom. The molecule has 0 aromatic rings. The lowest BCUT2D eigenvalue weighted by Crippen LogP contribution is -2.41. The maximum Gasteiger partial charge on any atom is 0.223 e. The first-order valence-corrected chi connectivity index (χ1v) is 7.30. The monoisotopic (exact) mass is 237 g/mol. The minimum absolute atomic E-state index is 0.396. The van der Waals surface area contributed by atoms with Gasteiger partial charge in [0.1, 0.15) is 0 Å². The molecular formula is C15H27NO. The van der Waals surface area contributed by atoms with E-state index in [1.54, 1.807) is 0 Å². The first kappa shape index (κ1) is 12.9. The highest BCUT2D eigenvalue weighted by molar-refractivity contribution is 5.77. The third kappa shape index (κ3) is 2.51. The molecule has 98 valence electrons. The summed E-state index contributed by atoms with van der Waals surface area (Å²) in [6, 6.07) is 0.522. The van der Waals surface area contributed by atoms with Gasteiger partial charge in [0.05, 0.1) is 0 Å². The molecule has 1 amide bonds. The normalized spacial score (nSPS) is 32.6. The van der Waals surface area contributed by atoms with E-state index in [1.165, 1.54) is 19.3 Å². The third-order valence-corrected chi connectivity index (χ3v) is 4.53. The van der Waals surface area contributed by atoms with Crippen molar-refractivity contribution in [2.45, 2.75) is 59.4 Å². The second-order valence-corrected chi connectivity index (χ2v) is 6.73. The smallest absolute Gasteiger partial charge is 0.223 e. The first-order valence-electron chi connectivity index (χ1n) is 7.30. The number of carbonyl (C=O) groups excluding carboxylic acids is 1. The zero-order valence-corrected chi connectivity index (χ0v) is 11.8. The molecule has 2 heteroatoms. The number of hydrogen-bond donors (Lipinski definition) is 0. The number of hydrogen-bond acceptors (Lipinski definition) is 1. The number of rotatable bonds is 3. The van der Waals surface area contributed by atoms with Crippen LogP contribution in [0, 0.1) is 23.7 Å². The van der Waals surface area contributed by atoms with Crippen molar-refractivity contribution in [3.8, 4) is 0 Å². The molecule has 0 bridgehead atoms. The molecule has 2 aliphatic rings. The Labute approximate surface area is 106 Å². The molecule has 0 N–H and O–H groups in total. The highest BCUT2D eigenvalue weighted by Crippen LogP contribution is 2.44. The largest absolute Gasteiger partial charge is 0.339 e. The van der Waals surface area contributed by atoms with Crippen LogP contribution in [0.2, 0.25) is 0 Å². The molecule has 0 radical (unpaired) electrons. The van der Waals surface area contributed by atoms with Gasteiger partial charge in [-0.2, -0.15) is 0 Å². The summed E-state index contributed by atoms with van der Waals surface area (Å²) in [4.78, 5) is 14.5. The summed E-state index contributed by atoms with van der Waals surface area (Å²) >= 11 is 0. The maximum atomic E-state index is 12.3. The van der Waals surface area contributed by atoms with E-state index < -0.39 is 0 Å². The Bertz CT molecular complexity index is 285. The summed E-state index contributed by atoms with van der Waals surface area (Å²) < 4.78 is 0. The van der Waals surface area contributed by atoms with Crippen LogP contribution in [0.25, 0.3) is 0 Å². The topological polar surface area (TPSA) is 20.3 Å². The predicted molar refractivity (Wildman–Crippen MR) is 70.6 cm³/mol. The standard InChI is InChI=1S/C15H27NO/c1-10(2)8-14(17)16-9-12-6-5-7-13(12)15(16)11(3)4/h10-13,15H,5-9H2,1-4H3. The van der Waals surface area contributed by atoms with Crippen molar-refractivity contribution in [1.82, 2.24) is 4.90 Å². The van der Waals surface area contributed by atoms with Gasteiger partial charge < -0.3 is 4.90 Å². The van der Waals surface area contributed by atoms with Crippen LogP contribution >= 0.6 is 0 Å². The van der Waals surface area contributed by atoms with Gasteiger partial charge in [-0.05, 0) is 36.5 Å². The molecule has 3 atom stereocenters. The van der Waals surface area contributed by atoms with Crippen LogP contribution < -0.4 is 0 Å². The van der Waals surface area contributed by atoms with Crippen LogP contribution in [0.3, 0.4) is 0 Å². The molecule has 0 aromatic heterocycles. The lowest BCUT2D eigenvalue weighted by Gasteiger charge is -2.31. The van der Waals surface area contributed by atoms with E-state index in [4.69, 9.17) is 0 Å². The van der Waals surface area contributed by atoms with Gasteiger partial charge in [0, 0.05) is 19.0 Å². The van der Waals surface area contributed by atoms with Gasteiger partial charge >= 0.3 is 0 Å². The molecule has 2 nitrogen and oxygen atoms in total. The fourth-order valence-electron chi connectivity index (χ4n) is 3.94. The molecule has 3 unspecified atom stereocenters. The van der Waals surface area contributed by atoms with Gasteiger partial charge in [-0.3, -0.25) is 4.79 Å². The summed E-state index contributed by atoms with van der Waals surface area (Å²) in [7, 11) is 0. The lowest BCUT2D eigenvalue weighted by atomic mass is 9.87. The Hall–Kier alpha value is -0.530. The first-order chi connectivity index (χ1) is 8.00. The lowest BCUT2D eigenvalue weighted by molar-refractivity contribution is -0.134. The fourth-order valence-corrected chi connectivity index (χ4v) is 3.94. The Kier molecular flexibility index (Phi) is 3.79. The SMILES string of the molecule is CC(C)CC(=O)N1CC2CCCC2C1C(C)C. The molecule has 1 saturated heterocycles. The molecule has 17 heavy (non-hydrogen) atoms. The zero-order valence-electron chi connectivity index (χ0n) is 11.8. The van der Waals surface area contributed by atoms with Gasteiger partial charge in [-0.15, -0.1) is 0 Å². The van der Waals surface area contributed by atoms with Crippen molar-refractivity contribution in [3.63, 3.8) is 0 Å². The predicted octanol–water partition coefficient (Wildman–Crippen LogP) is 3.32. The van der Waals surface area contributed by atoms with E-state index >= 15 is 0 Å². The highest BCUT2D eigenvalue weighted by Gasteiger charge is 2.46. The Balaban J connectivity index is 2.09. The molecule has 1 aliphatic carbocycles. The van der Waals surface area contributed by atoms with E-state index in [9.17, 15) is 4.79 Å². The zero-order chi connectivity index (χ0) is 12.6. The molecule has 1 heterocycles. The number of fused-ring (bicyclic) bond motifs is 1. The van der Waals surface area contributed by atoms with Gasteiger partial charge in [-0.25, -0.2) is 0 Å². The molecule has 0 spiro atoms. The highest BCUT2D eigenvalue weighted by atomic mass is 16.2. The van der Waals surface area contributed by atoms with E-state index in [0.29, 0.717) is 23.8 Å². The summed E-state index contributed by atoms with van der Waals surface area (Å²) in [6.07, 6.45) is 4.80. The minimum Gasteiger partial charge on any atom is -0.339 e. The molecular weight excluding hydrogens is 210 g/mol. The van der Waals surface area contributed by atoms with Crippen molar-refractivity contribution >= 4 is 5.91 Å². The summed E-state index contributed by atoms with van der Waals surface area (Å²) in [6.45, 7) is 9.87. The number of amides is 1. The van der Waals surface area contributed by atoms with Crippen molar-refractivity contribution in [2.75, 3.05) is 6.54 Å². The van der Waals surface area contributed by atoms with Crippen molar-refractivity contribution < 1.29 is 4.79 Å². The summed E-state index contributed by atoms with van der Waals surface area (Å²) in [5.41, 5.74) is 0. The second-order valence-electron chi connectivity index (χ2n) is 6.73. The van der Waals surface area contributed by atoms with Crippen LogP contribution in [0.4, 0.5) is 0 Å². The molecule has 2 rings (SSSR count). The number of nitrogens with zero attached hydrogens (tertiary/aromatic N) is 1. The molecule has 2 fully saturated rings. The summed E-state index contributed by atoms with van der Waals surface area (Å²) in [5.74, 6) is 3.09. The molecule has 0 aromatic carbocycles. The van der Waals surface area contributed by atoms with Gasteiger partial charge in [0.15, 0.2) is 0 Å². The number of likely N-dealkylation sites (tertiary alicyclic amines) is 1. The average Bonchev–Trinajstić information content (AvgIpc) is 2.72. The van der Waals surface area contributed by atoms with E-state index in [2.05, 4.69) is 32.6 Å². The van der Waals surface area contributed by atoms with Gasteiger partial charge in [-0.1, -0.05) is 34.1 Å². The average molecular weight is 237 g/mol. The van der Waals surface area contributed by atoms with E-state index in [-0.39, 0.29) is 0 Å². The minimum atomic E-state index is 0.396. The van der Waals surface area contributed by atoms with Crippen LogP contribution in [-0.4, -0.2) is 23.4 Å². The maximum absolute atomic E-state index is 12.3. The van der Waals surface area contributed by atoms with Gasteiger partial charge in [0.2, 0.25) is 5.91 Å². The second kappa shape index (κ2) is 4.99. The Morgan fingerprint density at radius 2 is 1.94 bits per heavy atom. The summed E-state index contributed by atoms with van der Waals surface area (Å²) in [5, 5.41) is 0. The third-order valence-electron chi connectivity index (χ3n) is 4.53. The van der Waals surface area contributed by atoms with Crippen LogP contribution in [0.15, 0.2) is 0 Å². The van der Waals surface area contributed by atoms with E-state index in [0.717, 1.165) is 24.8 Å². The van der Waals surface area contributed by atoms with Crippen molar-refractivity contribution in [2.24, 2.45) is 23.7 Å².